The van der Waals surface area contributed by atoms with Crippen LogP contribution >= 0.6 is 15.9 Å². The minimum absolute atomic E-state index is 0.236. The first kappa shape index (κ1) is 10.5. The maximum Gasteiger partial charge on any atom is 0.101 e. The summed E-state index contributed by atoms with van der Waals surface area (Å²) in [6, 6.07) is 8.23. The molecule has 1 aromatic rings. The molecule has 78 valence electrons. The number of nitrogens with zero attached hydrogens (tertiary/aromatic N) is 2. The molecule has 0 unspecified atom stereocenters. The second-order valence-electron chi connectivity index (χ2n) is 3.77. The average molecular weight is 266 g/mol. The summed E-state index contributed by atoms with van der Waals surface area (Å²) in [4.78, 5) is 2.18. The van der Waals surface area contributed by atoms with Gasteiger partial charge in [-0.1, -0.05) is 15.9 Å². The quantitative estimate of drug-likeness (QED) is 0.844. The van der Waals surface area contributed by atoms with Crippen molar-refractivity contribution in [2.45, 2.75) is 12.5 Å². The lowest BCUT2D eigenvalue weighted by Crippen LogP contribution is -2.26. The molecule has 1 aliphatic heterocycles. The Hall–Kier alpha value is -1.05. The van der Waals surface area contributed by atoms with Crippen molar-refractivity contribution in [1.82, 2.24) is 0 Å². The molecule has 4 heteroatoms. The van der Waals surface area contributed by atoms with Crippen molar-refractivity contribution < 1.29 is 0 Å². The van der Waals surface area contributed by atoms with E-state index in [0.717, 1.165) is 29.7 Å². The van der Waals surface area contributed by atoms with Gasteiger partial charge in [-0.2, -0.15) is 5.26 Å². The van der Waals surface area contributed by atoms with Crippen LogP contribution in [0.15, 0.2) is 22.7 Å². The Balaban J connectivity index is 2.32. The molecule has 1 atom stereocenters. The van der Waals surface area contributed by atoms with Crippen molar-refractivity contribution >= 4 is 21.6 Å². The molecule has 3 nitrogen and oxygen atoms in total. The number of anilines is 1. The molecular weight excluding hydrogens is 254 g/mol. The number of halogens is 1. The van der Waals surface area contributed by atoms with Crippen LogP contribution in [0, 0.1) is 11.3 Å². The van der Waals surface area contributed by atoms with Crippen LogP contribution in [-0.4, -0.2) is 19.1 Å². The Bertz CT molecular complexity index is 411. The van der Waals surface area contributed by atoms with Crippen LogP contribution in [0.2, 0.25) is 0 Å². The monoisotopic (exact) mass is 265 g/mol. The van der Waals surface area contributed by atoms with Gasteiger partial charge in [-0.3, -0.25) is 0 Å². The van der Waals surface area contributed by atoms with E-state index in [9.17, 15) is 0 Å². The second kappa shape index (κ2) is 4.21. The van der Waals surface area contributed by atoms with Gasteiger partial charge in [-0.05, 0) is 24.6 Å². The Morgan fingerprint density at radius 2 is 2.33 bits per heavy atom. The molecule has 0 bridgehead atoms. The molecule has 15 heavy (non-hydrogen) atoms. The summed E-state index contributed by atoms with van der Waals surface area (Å²) < 4.78 is 0.936. The lowest BCUT2D eigenvalue weighted by Gasteiger charge is -2.19. The summed E-state index contributed by atoms with van der Waals surface area (Å²) in [5, 5.41) is 9.04. The van der Waals surface area contributed by atoms with Crippen LogP contribution in [0.5, 0.6) is 0 Å². The summed E-state index contributed by atoms with van der Waals surface area (Å²) >= 11 is 3.36. The summed E-state index contributed by atoms with van der Waals surface area (Å²) in [5.41, 5.74) is 7.55. The predicted octanol–water partition coefficient (Wildman–Crippen LogP) is 1.86. The normalized spacial score (nSPS) is 20.3. The van der Waals surface area contributed by atoms with Crippen molar-refractivity contribution in [3.63, 3.8) is 0 Å². The van der Waals surface area contributed by atoms with E-state index in [1.165, 1.54) is 0 Å². The maximum atomic E-state index is 9.04. The molecule has 2 rings (SSSR count). The first-order valence-electron chi connectivity index (χ1n) is 4.91. The van der Waals surface area contributed by atoms with Crippen LogP contribution in [0.25, 0.3) is 0 Å². The topological polar surface area (TPSA) is 53.0 Å². The number of nitriles is 1. The average Bonchev–Trinajstić information content (AvgIpc) is 2.64. The zero-order chi connectivity index (χ0) is 10.8. The van der Waals surface area contributed by atoms with E-state index in [4.69, 9.17) is 11.0 Å². The smallest absolute Gasteiger partial charge is 0.101 e. The summed E-state index contributed by atoms with van der Waals surface area (Å²) in [5.74, 6) is 0. The minimum atomic E-state index is 0.236. The van der Waals surface area contributed by atoms with Gasteiger partial charge in [0.2, 0.25) is 0 Å². The lowest BCUT2D eigenvalue weighted by atomic mass is 10.2. The number of benzene rings is 1. The maximum absolute atomic E-state index is 9.04. The van der Waals surface area contributed by atoms with Gasteiger partial charge in [0.15, 0.2) is 0 Å². The number of rotatable bonds is 1. The molecule has 0 radical (unpaired) electrons. The van der Waals surface area contributed by atoms with E-state index in [0.29, 0.717) is 5.56 Å². The van der Waals surface area contributed by atoms with E-state index in [1.54, 1.807) is 0 Å². The molecule has 1 aromatic carbocycles. The second-order valence-corrected chi connectivity index (χ2v) is 4.68. The van der Waals surface area contributed by atoms with Gasteiger partial charge in [0.05, 0.1) is 11.3 Å². The van der Waals surface area contributed by atoms with Gasteiger partial charge < -0.3 is 10.6 Å². The Labute approximate surface area is 97.6 Å². The summed E-state index contributed by atoms with van der Waals surface area (Å²) in [7, 11) is 0. The van der Waals surface area contributed by atoms with Crippen LogP contribution in [0.3, 0.4) is 0 Å². The van der Waals surface area contributed by atoms with E-state index >= 15 is 0 Å². The highest BCUT2D eigenvalue weighted by atomic mass is 79.9. The van der Waals surface area contributed by atoms with Gasteiger partial charge in [0, 0.05) is 23.6 Å². The van der Waals surface area contributed by atoms with Crippen molar-refractivity contribution in [2.24, 2.45) is 5.73 Å². The minimum Gasteiger partial charge on any atom is -0.369 e. The number of hydrogen-bond acceptors (Lipinski definition) is 3. The molecule has 0 amide bonds. The fourth-order valence-electron chi connectivity index (χ4n) is 1.88. The molecule has 0 aliphatic carbocycles. The van der Waals surface area contributed by atoms with Crippen molar-refractivity contribution in [3.8, 4) is 6.07 Å². The molecule has 2 N–H and O–H groups in total. The lowest BCUT2D eigenvalue weighted by molar-refractivity contribution is 0.752. The molecule has 1 aliphatic rings. The standard InChI is InChI=1S/C11H12BrN3/c12-9-1-2-11(8(5-9)6-13)15-4-3-10(14)7-15/h1-2,5,10H,3-4,7,14H2/t10-/m1/s1. The van der Waals surface area contributed by atoms with Crippen molar-refractivity contribution in [1.29, 1.82) is 5.26 Å². The van der Waals surface area contributed by atoms with Crippen molar-refractivity contribution in [3.05, 3.63) is 28.2 Å². The van der Waals surface area contributed by atoms with E-state index < -0.39 is 0 Å². The van der Waals surface area contributed by atoms with Gasteiger partial charge in [-0.25, -0.2) is 0 Å². The van der Waals surface area contributed by atoms with E-state index in [-0.39, 0.29) is 6.04 Å². The largest absolute Gasteiger partial charge is 0.369 e. The summed E-state index contributed by atoms with van der Waals surface area (Å²) in [6.45, 7) is 1.79. The van der Waals surface area contributed by atoms with E-state index in [1.807, 2.05) is 18.2 Å². The fourth-order valence-corrected chi connectivity index (χ4v) is 2.24. The van der Waals surface area contributed by atoms with Crippen LogP contribution in [-0.2, 0) is 0 Å². The molecule has 0 aromatic heterocycles. The highest BCUT2D eigenvalue weighted by Gasteiger charge is 2.21. The van der Waals surface area contributed by atoms with Gasteiger partial charge in [-0.15, -0.1) is 0 Å². The third kappa shape index (κ3) is 2.14. The third-order valence-electron chi connectivity index (χ3n) is 2.64. The first-order valence-corrected chi connectivity index (χ1v) is 5.70. The molecule has 1 saturated heterocycles. The van der Waals surface area contributed by atoms with Crippen LogP contribution in [0.1, 0.15) is 12.0 Å². The first-order chi connectivity index (χ1) is 7.20. The zero-order valence-electron chi connectivity index (χ0n) is 8.28. The van der Waals surface area contributed by atoms with Gasteiger partial charge >= 0.3 is 0 Å². The van der Waals surface area contributed by atoms with Crippen LogP contribution in [0.4, 0.5) is 5.69 Å². The Morgan fingerprint density at radius 3 is 2.93 bits per heavy atom. The molecule has 0 saturated carbocycles. The highest BCUT2D eigenvalue weighted by Crippen LogP contribution is 2.26. The van der Waals surface area contributed by atoms with Gasteiger partial charge in [0.1, 0.15) is 6.07 Å². The molecule has 1 fully saturated rings. The van der Waals surface area contributed by atoms with E-state index in [2.05, 4.69) is 26.9 Å². The fraction of sp³-hybridized carbons (Fsp3) is 0.364. The van der Waals surface area contributed by atoms with Gasteiger partial charge in [0.25, 0.3) is 0 Å². The number of hydrogen-bond donors (Lipinski definition) is 1. The SMILES string of the molecule is N#Cc1cc(Br)ccc1N1CC[C@@H](N)C1. The third-order valence-corrected chi connectivity index (χ3v) is 3.14. The molecule has 1 heterocycles. The van der Waals surface area contributed by atoms with Crippen LogP contribution < -0.4 is 10.6 Å². The Kier molecular flexibility index (Phi) is 2.94. The number of nitrogens with two attached hydrogens (primary N) is 1. The molecular formula is C11H12BrN3. The predicted molar refractivity (Wildman–Crippen MR) is 63.7 cm³/mol. The van der Waals surface area contributed by atoms with Crippen molar-refractivity contribution in [2.75, 3.05) is 18.0 Å². The highest BCUT2D eigenvalue weighted by molar-refractivity contribution is 9.10. The Morgan fingerprint density at radius 1 is 1.53 bits per heavy atom. The zero-order valence-corrected chi connectivity index (χ0v) is 9.87. The molecule has 0 spiro atoms. The summed E-state index contributed by atoms with van der Waals surface area (Å²) in [6.07, 6.45) is 1.00.